The average molecular weight is 458 g/mol. The van der Waals surface area contributed by atoms with Crippen molar-refractivity contribution in [3.63, 3.8) is 0 Å². The first-order valence-corrected chi connectivity index (χ1v) is 11.1. The van der Waals surface area contributed by atoms with Crippen LogP contribution in [0.4, 0.5) is 11.4 Å². The third-order valence-electron chi connectivity index (χ3n) is 5.31. The van der Waals surface area contributed by atoms with Crippen molar-refractivity contribution in [3.05, 3.63) is 52.2 Å². The summed E-state index contributed by atoms with van der Waals surface area (Å²) in [5, 5.41) is 11.8. The van der Waals surface area contributed by atoms with Crippen LogP contribution in [0.5, 0.6) is 11.6 Å². The van der Waals surface area contributed by atoms with E-state index in [1.807, 2.05) is 17.0 Å². The lowest BCUT2D eigenvalue weighted by atomic mass is 9.99. The summed E-state index contributed by atoms with van der Waals surface area (Å²) in [6.45, 7) is 8.01. The van der Waals surface area contributed by atoms with Crippen LogP contribution in [0.25, 0.3) is 0 Å². The van der Waals surface area contributed by atoms with Crippen molar-refractivity contribution in [1.82, 2.24) is 4.98 Å². The van der Waals surface area contributed by atoms with Gasteiger partial charge in [-0.05, 0) is 62.8 Å². The molecular formula is C24H31N3O6. The number of aromatic nitrogens is 1. The Balaban J connectivity index is 0.000000696. The molecule has 0 aliphatic carbocycles. The maximum absolute atomic E-state index is 11.8. The molecule has 2 aromatic rings. The third kappa shape index (κ3) is 8.17. The summed E-state index contributed by atoms with van der Waals surface area (Å²) in [4.78, 5) is 37.8. The monoisotopic (exact) mass is 457 g/mol. The summed E-state index contributed by atoms with van der Waals surface area (Å²) in [5.74, 6) is 1.25. The number of aryl methyl sites for hydroxylation is 1. The van der Waals surface area contributed by atoms with E-state index in [0.29, 0.717) is 43.3 Å². The predicted molar refractivity (Wildman–Crippen MR) is 125 cm³/mol. The topological polar surface area (TPSA) is 112 Å². The molecule has 0 saturated carbocycles. The molecule has 9 heteroatoms. The van der Waals surface area contributed by atoms with E-state index in [1.165, 1.54) is 0 Å². The number of piperidine rings is 1. The van der Waals surface area contributed by atoms with Crippen molar-refractivity contribution in [2.24, 2.45) is 5.92 Å². The minimum absolute atomic E-state index is 0.00221. The quantitative estimate of drug-likeness (QED) is 0.302. The molecule has 1 aromatic heterocycles. The summed E-state index contributed by atoms with van der Waals surface area (Å²) in [6.07, 6.45) is 4.73. The molecule has 178 valence electrons. The molecule has 0 bridgehead atoms. The number of ether oxygens (including phenoxy) is 2. The molecule has 3 rings (SSSR count). The molecule has 1 aliphatic heterocycles. The molecule has 1 saturated heterocycles. The standard InChI is InChI=1S/C21H25N3O4.C3H6O2/c1-15-10-13-23(14-11-15)19-9-12-22-21(20(19)24(26)27)28-18-7-5-17(6-8-18)4-3-16(2)25;1-2-5-3-4/h5-9,12,15H,3-4,10-11,13-14H2,1-2H3;3H,2H2,1H3. The largest absolute Gasteiger partial charge is 0.468 e. The normalized spacial score (nSPS) is 13.5. The number of benzene rings is 1. The van der Waals surface area contributed by atoms with Gasteiger partial charge in [0.25, 0.3) is 6.47 Å². The molecule has 9 nitrogen and oxygen atoms in total. The highest BCUT2D eigenvalue weighted by Gasteiger charge is 2.28. The molecule has 0 amide bonds. The van der Waals surface area contributed by atoms with E-state index in [-0.39, 0.29) is 17.4 Å². The fourth-order valence-corrected chi connectivity index (χ4v) is 3.40. The molecule has 0 spiro atoms. The Morgan fingerprint density at radius 2 is 1.91 bits per heavy atom. The van der Waals surface area contributed by atoms with Gasteiger partial charge in [0.15, 0.2) is 0 Å². The first-order chi connectivity index (χ1) is 15.8. The van der Waals surface area contributed by atoms with Gasteiger partial charge in [-0.3, -0.25) is 14.9 Å². The zero-order valence-electron chi connectivity index (χ0n) is 19.4. The molecular weight excluding hydrogens is 426 g/mol. The molecule has 1 aromatic carbocycles. The van der Waals surface area contributed by atoms with Crippen molar-refractivity contribution < 1.29 is 24.0 Å². The minimum Gasteiger partial charge on any atom is -0.468 e. The maximum Gasteiger partial charge on any atom is 0.354 e. The van der Waals surface area contributed by atoms with E-state index >= 15 is 0 Å². The summed E-state index contributed by atoms with van der Waals surface area (Å²) < 4.78 is 9.91. The predicted octanol–water partition coefficient (Wildman–Crippen LogP) is 4.72. The van der Waals surface area contributed by atoms with Crippen LogP contribution in [-0.2, 0) is 20.7 Å². The highest BCUT2D eigenvalue weighted by molar-refractivity contribution is 5.75. The smallest absolute Gasteiger partial charge is 0.354 e. The van der Waals surface area contributed by atoms with Crippen molar-refractivity contribution in [2.45, 2.75) is 46.5 Å². The van der Waals surface area contributed by atoms with E-state index in [4.69, 9.17) is 4.74 Å². The average Bonchev–Trinajstić information content (AvgIpc) is 2.80. The van der Waals surface area contributed by atoms with E-state index in [1.54, 1.807) is 38.2 Å². The van der Waals surface area contributed by atoms with Crippen LogP contribution in [-0.4, -0.2) is 41.9 Å². The van der Waals surface area contributed by atoms with E-state index in [9.17, 15) is 19.7 Å². The summed E-state index contributed by atoms with van der Waals surface area (Å²) in [6, 6.07) is 8.90. The SMILES string of the molecule is CC(=O)CCc1ccc(Oc2nccc(N3CCC(C)CC3)c2[N+](=O)[O-])cc1.CCOC=O. The lowest BCUT2D eigenvalue weighted by molar-refractivity contribution is -0.385. The number of nitrogens with zero attached hydrogens (tertiary/aromatic N) is 3. The number of nitro groups is 1. The zero-order valence-corrected chi connectivity index (χ0v) is 19.4. The lowest BCUT2D eigenvalue weighted by Crippen LogP contribution is -2.33. The van der Waals surface area contributed by atoms with E-state index in [2.05, 4.69) is 16.6 Å². The Labute approximate surface area is 193 Å². The number of pyridine rings is 1. The fourth-order valence-electron chi connectivity index (χ4n) is 3.40. The summed E-state index contributed by atoms with van der Waals surface area (Å²) >= 11 is 0. The molecule has 1 fully saturated rings. The van der Waals surface area contributed by atoms with Crippen LogP contribution in [0.15, 0.2) is 36.5 Å². The van der Waals surface area contributed by atoms with Crippen LogP contribution < -0.4 is 9.64 Å². The van der Waals surface area contributed by atoms with Gasteiger partial charge in [-0.1, -0.05) is 19.1 Å². The lowest BCUT2D eigenvalue weighted by Gasteiger charge is -2.31. The number of ketones is 1. The second kappa shape index (κ2) is 13.1. The van der Waals surface area contributed by atoms with Gasteiger partial charge in [0.2, 0.25) is 0 Å². The molecule has 1 aliphatic rings. The number of carbonyl (C=O) groups is 2. The van der Waals surface area contributed by atoms with Gasteiger partial charge in [-0.15, -0.1) is 0 Å². The van der Waals surface area contributed by atoms with Crippen LogP contribution in [0.1, 0.15) is 45.6 Å². The van der Waals surface area contributed by atoms with Gasteiger partial charge in [0.05, 0.1) is 11.5 Å². The first kappa shape index (κ1) is 25.8. The molecule has 0 atom stereocenters. The Morgan fingerprint density at radius 1 is 1.24 bits per heavy atom. The zero-order chi connectivity index (χ0) is 24.2. The number of rotatable bonds is 9. The maximum atomic E-state index is 11.8. The van der Waals surface area contributed by atoms with E-state index in [0.717, 1.165) is 31.5 Å². The van der Waals surface area contributed by atoms with Crippen LogP contribution in [0, 0.1) is 16.0 Å². The van der Waals surface area contributed by atoms with Gasteiger partial charge in [0, 0.05) is 25.7 Å². The van der Waals surface area contributed by atoms with Crippen LogP contribution >= 0.6 is 0 Å². The van der Waals surface area contributed by atoms with Crippen molar-refractivity contribution in [2.75, 3.05) is 24.6 Å². The molecule has 0 unspecified atom stereocenters. The second-order valence-corrected chi connectivity index (χ2v) is 7.91. The highest BCUT2D eigenvalue weighted by Crippen LogP contribution is 2.39. The van der Waals surface area contributed by atoms with Crippen molar-refractivity contribution >= 4 is 23.6 Å². The number of carbonyl (C=O) groups excluding carboxylic acids is 2. The highest BCUT2D eigenvalue weighted by atomic mass is 16.6. The first-order valence-electron chi connectivity index (χ1n) is 11.1. The van der Waals surface area contributed by atoms with Gasteiger partial charge >= 0.3 is 11.6 Å². The summed E-state index contributed by atoms with van der Waals surface area (Å²) in [7, 11) is 0. The van der Waals surface area contributed by atoms with Crippen LogP contribution in [0.2, 0.25) is 0 Å². The molecule has 33 heavy (non-hydrogen) atoms. The van der Waals surface area contributed by atoms with Gasteiger partial charge in [-0.25, -0.2) is 4.98 Å². The number of hydrogen-bond donors (Lipinski definition) is 0. The minimum atomic E-state index is -0.420. The molecule has 2 heterocycles. The third-order valence-corrected chi connectivity index (χ3v) is 5.31. The number of Topliss-reactive ketones (excluding diaryl/α,β-unsaturated/α-hetero) is 1. The Hall–Kier alpha value is -3.49. The molecule has 0 N–H and O–H groups in total. The number of anilines is 1. The number of hydrogen-bond acceptors (Lipinski definition) is 8. The van der Waals surface area contributed by atoms with Gasteiger partial charge in [0.1, 0.15) is 17.2 Å². The Bertz CT molecular complexity index is 924. The van der Waals surface area contributed by atoms with Crippen molar-refractivity contribution in [1.29, 1.82) is 0 Å². The fraction of sp³-hybridized carbons (Fsp3) is 0.458. The summed E-state index contributed by atoms with van der Waals surface area (Å²) in [5.41, 5.74) is 1.47. The van der Waals surface area contributed by atoms with E-state index < -0.39 is 4.92 Å². The van der Waals surface area contributed by atoms with Gasteiger partial charge in [-0.2, -0.15) is 0 Å². The van der Waals surface area contributed by atoms with Crippen LogP contribution in [0.3, 0.4) is 0 Å². The second-order valence-electron chi connectivity index (χ2n) is 7.91. The molecule has 0 radical (unpaired) electrons. The van der Waals surface area contributed by atoms with Gasteiger partial charge < -0.3 is 19.2 Å². The Kier molecular flexibility index (Phi) is 10.3. The Morgan fingerprint density at radius 3 is 2.42 bits per heavy atom. The van der Waals surface area contributed by atoms with Crippen molar-refractivity contribution in [3.8, 4) is 11.6 Å².